The molecule has 13 heteroatoms. The van der Waals surface area contributed by atoms with Crippen molar-refractivity contribution in [2.75, 3.05) is 13.3 Å². The molecule has 1 atom stereocenters. The fourth-order valence-corrected chi connectivity index (χ4v) is 4.40. The molecule has 0 aliphatic carbocycles. The quantitative estimate of drug-likeness (QED) is 0.125. The van der Waals surface area contributed by atoms with Crippen LogP contribution in [0, 0.1) is 11.7 Å². The normalized spacial score (nSPS) is 11.7. The highest BCUT2D eigenvalue weighted by Gasteiger charge is 2.23. The first-order valence-corrected chi connectivity index (χ1v) is 14.2. The summed E-state index contributed by atoms with van der Waals surface area (Å²) in [6, 6.07) is 19.8. The zero-order chi connectivity index (χ0) is 31.6. The smallest absolute Gasteiger partial charge is 0.348 e. The molecule has 11 nitrogen and oxygen atoms in total. The minimum atomic E-state index is -0.763. The van der Waals surface area contributed by atoms with Crippen molar-refractivity contribution >= 4 is 29.4 Å². The number of aromatic nitrogens is 3. The standard InChI is InChI=1S/C31H31ClFN5O6/c1-3-7-27(39)43-19-44-30(41)20(2)17-37(18-21-10-12-22(13-11-21)25-16-23(32)14-15-26(25)33)36-29(40)28-34-31(42)38(35-28)24-8-5-4-6-9-24/h4-6,8-16,20H,3,7,17-19H2,1-2H3,(H,36,40)(H,34,35,42)/t20-/m1/s1. The van der Waals surface area contributed by atoms with E-state index in [9.17, 15) is 23.6 Å². The molecule has 4 rings (SSSR count). The molecule has 0 aliphatic rings. The zero-order valence-electron chi connectivity index (χ0n) is 24.1. The molecule has 1 amide bonds. The van der Waals surface area contributed by atoms with E-state index in [-0.39, 0.29) is 25.3 Å². The van der Waals surface area contributed by atoms with Crippen LogP contribution >= 0.6 is 11.6 Å². The maximum Gasteiger partial charge on any atom is 0.348 e. The number of benzene rings is 3. The number of ether oxygens (including phenoxy) is 2. The van der Waals surface area contributed by atoms with E-state index in [1.807, 2.05) is 6.92 Å². The summed E-state index contributed by atoms with van der Waals surface area (Å²) in [4.78, 5) is 52.3. The Labute approximate surface area is 257 Å². The van der Waals surface area contributed by atoms with Crippen LogP contribution in [0.4, 0.5) is 4.39 Å². The monoisotopic (exact) mass is 623 g/mol. The molecule has 0 saturated carbocycles. The van der Waals surface area contributed by atoms with E-state index in [0.717, 1.165) is 4.68 Å². The Morgan fingerprint density at radius 2 is 1.80 bits per heavy atom. The number of aromatic amines is 1. The molecule has 1 heterocycles. The molecule has 3 aromatic carbocycles. The number of esters is 2. The average Bonchev–Trinajstić information content (AvgIpc) is 3.41. The maximum absolute atomic E-state index is 14.4. The summed E-state index contributed by atoms with van der Waals surface area (Å²) in [5, 5.41) is 5.97. The number of nitrogens with zero attached hydrogens (tertiary/aromatic N) is 3. The van der Waals surface area contributed by atoms with Gasteiger partial charge < -0.3 is 9.47 Å². The zero-order valence-corrected chi connectivity index (χ0v) is 24.8. The lowest BCUT2D eigenvalue weighted by molar-refractivity contribution is -0.170. The van der Waals surface area contributed by atoms with Crippen LogP contribution in [0.25, 0.3) is 16.8 Å². The minimum absolute atomic E-state index is 0.0121. The van der Waals surface area contributed by atoms with Gasteiger partial charge >= 0.3 is 23.5 Å². The van der Waals surface area contributed by atoms with E-state index in [4.69, 9.17) is 21.1 Å². The Hall–Kier alpha value is -4.81. The highest BCUT2D eigenvalue weighted by molar-refractivity contribution is 6.30. The molecule has 4 aromatic rings. The second-order valence-corrected chi connectivity index (χ2v) is 10.4. The molecule has 0 radical (unpaired) electrons. The Balaban J connectivity index is 1.50. The van der Waals surface area contributed by atoms with E-state index in [1.165, 1.54) is 23.2 Å². The topological polar surface area (TPSA) is 136 Å². The van der Waals surface area contributed by atoms with Crippen molar-refractivity contribution in [2.45, 2.75) is 33.2 Å². The van der Waals surface area contributed by atoms with Crippen LogP contribution in [0.1, 0.15) is 42.9 Å². The molecule has 0 bridgehead atoms. The number of amides is 1. The first-order valence-electron chi connectivity index (χ1n) is 13.8. The average molecular weight is 624 g/mol. The third-order valence-corrected chi connectivity index (χ3v) is 6.67. The van der Waals surface area contributed by atoms with Crippen LogP contribution in [0.5, 0.6) is 0 Å². The Morgan fingerprint density at radius 3 is 2.50 bits per heavy atom. The number of H-pyrrole nitrogens is 1. The third kappa shape index (κ3) is 8.62. The van der Waals surface area contributed by atoms with Gasteiger partial charge in [0.25, 0.3) is 0 Å². The summed E-state index contributed by atoms with van der Waals surface area (Å²) in [7, 11) is 0. The summed E-state index contributed by atoms with van der Waals surface area (Å²) < 4.78 is 25.4. The lowest BCUT2D eigenvalue weighted by atomic mass is 10.0. The molecule has 1 aromatic heterocycles. The van der Waals surface area contributed by atoms with Crippen LogP contribution < -0.4 is 11.1 Å². The minimum Gasteiger partial charge on any atom is -0.428 e. The highest BCUT2D eigenvalue weighted by Crippen LogP contribution is 2.26. The molecule has 0 spiro atoms. The van der Waals surface area contributed by atoms with E-state index in [0.29, 0.717) is 33.8 Å². The Kier molecular flexibility index (Phi) is 11.0. The molecular weight excluding hydrogens is 593 g/mol. The lowest BCUT2D eigenvalue weighted by Crippen LogP contribution is -2.45. The number of halogens is 2. The highest BCUT2D eigenvalue weighted by atomic mass is 35.5. The van der Waals surface area contributed by atoms with Gasteiger partial charge in [-0.2, -0.15) is 4.68 Å². The van der Waals surface area contributed by atoms with Crippen molar-refractivity contribution in [3.63, 3.8) is 0 Å². The summed E-state index contributed by atoms with van der Waals surface area (Å²) in [6.45, 7) is 3.00. The van der Waals surface area contributed by atoms with E-state index < -0.39 is 42.1 Å². The number of hydrogen-bond donors (Lipinski definition) is 2. The van der Waals surface area contributed by atoms with Crippen LogP contribution in [-0.4, -0.2) is 51.0 Å². The second kappa shape index (κ2) is 15.1. The van der Waals surface area contributed by atoms with Crippen LogP contribution in [0.2, 0.25) is 5.02 Å². The van der Waals surface area contributed by atoms with Crippen LogP contribution in [-0.2, 0) is 25.6 Å². The Bertz CT molecular complexity index is 1660. The van der Waals surface area contributed by atoms with Gasteiger partial charge in [-0.3, -0.25) is 24.8 Å². The van der Waals surface area contributed by atoms with E-state index >= 15 is 0 Å². The van der Waals surface area contributed by atoms with Crippen molar-refractivity contribution in [3.8, 4) is 16.8 Å². The second-order valence-electron chi connectivity index (χ2n) is 9.92. The van der Waals surface area contributed by atoms with Crippen molar-refractivity contribution in [3.05, 3.63) is 106 Å². The number of carbonyl (C=O) groups is 3. The summed E-state index contributed by atoms with van der Waals surface area (Å²) in [6.07, 6.45) is 0.805. The van der Waals surface area contributed by atoms with Gasteiger partial charge in [0.2, 0.25) is 12.6 Å². The predicted molar refractivity (Wildman–Crippen MR) is 160 cm³/mol. The van der Waals surface area contributed by atoms with Gasteiger partial charge in [-0.05, 0) is 47.9 Å². The van der Waals surface area contributed by atoms with Gasteiger partial charge in [-0.25, -0.2) is 14.2 Å². The molecule has 44 heavy (non-hydrogen) atoms. The SMILES string of the molecule is CCCC(=O)OCOC(=O)[C@H](C)CN(Cc1ccc(-c2cc(Cl)ccc2F)cc1)NC(=O)c1nn(-c2ccccc2)c(=O)[nH]1. The van der Waals surface area contributed by atoms with Gasteiger partial charge in [0.05, 0.1) is 11.6 Å². The first kappa shape index (κ1) is 32.1. The molecular formula is C31H31ClFN5O6. The maximum atomic E-state index is 14.4. The number of para-hydroxylation sites is 1. The summed E-state index contributed by atoms with van der Waals surface area (Å²) >= 11 is 6.04. The summed E-state index contributed by atoms with van der Waals surface area (Å²) in [5.41, 5.74) is 4.21. The Morgan fingerprint density at radius 1 is 1.07 bits per heavy atom. The van der Waals surface area contributed by atoms with Crippen molar-refractivity contribution < 1.29 is 28.2 Å². The van der Waals surface area contributed by atoms with Gasteiger partial charge in [0.1, 0.15) is 5.82 Å². The number of hydrazine groups is 1. The van der Waals surface area contributed by atoms with Crippen molar-refractivity contribution in [1.82, 2.24) is 25.2 Å². The molecule has 0 fully saturated rings. The predicted octanol–water partition coefficient (Wildman–Crippen LogP) is 4.65. The van der Waals surface area contributed by atoms with Crippen molar-refractivity contribution in [1.29, 1.82) is 0 Å². The van der Waals surface area contributed by atoms with Crippen LogP contribution in [0.3, 0.4) is 0 Å². The fraction of sp³-hybridized carbons (Fsp3) is 0.258. The van der Waals surface area contributed by atoms with E-state index in [2.05, 4.69) is 15.5 Å². The number of rotatable bonds is 13. The number of nitrogens with one attached hydrogen (secondary N) is 2. The van der Waals surface area contributed by atoms with E-state index in [1.54, 1.807) is 61.5 Å². The van der Waals surface area contributed by atoms with Gasteiger partial charge in [0, 0.05) is 30.1 Å². The number of carbonyl (C=O) groups excluding carboxylic acids is 3. The molecule has 2 N–H and O–H groups in total. The largest absolute Gasteiger partial charge is 0.428 e. The lowest BCUT2D eigenvalue weighted by Gasteiger charge is -2.25. The molecule has 0 saturated heterocycles. The van der Waals surface area contributed by atoms with Crippen LogP contribution in [0.15, 0.2) is 77.6 Å². The molecule has 230 valence electrons. The number of hydrogen-bond acceptors (Lipinski definition) is 8. The van der Waals surface area contributed by atoms with Crippen molar-refractivity contribution in [2.24, 2.45) is 5.92 Å². The van der Waals surface area contributed by atoms with Gasteiger partial charge in [0.15, 0.2) is 0 Å². The van der Waals surface area contributed by atoms with Gasteiger partial charge in [-0.1, -0.05) is 67.9 Å². The molecule has 0 unspecified atom stereocenters. The summed E-state index contributed by atoms with van der Waals surface area (Å²) in [5.74, 6) is -3.28. The fourth-order valence-electron chi connectivity index (χ4n) is 4.22. The third-order valence-electron chi connectivity index (χ3n) is 6.43. The molecule has 0 aliphatic heterocycles. The van der Waals surface area contributed by atoms with Gasteiger partial charge in [-0.15, -0.1) is 5.10 Å². The first-order chi connectivity index (χ1) is 21.1.